The number of aryl methyl sites for hydroxylation is 1. The maximum Gasteiger partial charge on any atom is 0.338 e. The Morgan fingerprint density at radius 2 is 1.83 bits per heavy atom. The molecule has 0 aromatic heterocycles. The van der Waals surface area contributed by atoms with E-state index in [2.05, 4.69) is 5.32 Å². The van der Waals surface area contributed by atoms with Gasteiger partial charge in [-0.05, 0) is 42.3 Å². The SMILES string of the molecule is COCc1ccc(C(=O)OCC(=O)Nc2ccc(C)c(F)c2)cc1. The summed E-state index contributed by atoms with van der Waals surface area (Å²) >= 11 is 0. The highest BCUT2D eigenvalue weighted by Gasteiger charge is 2.11. The van der Waals surface area contributed by atoms with E-state index in [1.807, 2.05) is 0 Å². The number of esters is 1. The number of carbonyl (C=O) groups excluding carboxylic acids is 2. The maximum absolute atomic E-state index is 13.4. The van der Waals surface area contributed by atoms with Gasteiger partial charge in [-0.25, -0.2) is 9.18 Å². The van der Waals surface area contributed by atoms with Crippen LogP contribution in [0.15, 0.2) is 42.5 Å². The monoisotopic (exact) mass is 331 g/mol. The zero-order valence-electron chi connectivity index (χ0n) is 13.5. The molecule has 2 rings (SSSR count). The molecule has 0 radical (unpaired) electrons. The number of amides is 1. The topological polar surface area (TPSA) is 64.6 Å². The summed E-state index contributed by atoms with van der Waals surface area (Å²) in [5, 5.41) is 2.47. The molecule has 0 saturated carbocycles. The molecule has 0 unspecified atom stereocenters. The fourth-order valence-corrected chi connectivity index (χ4v) is 1.99. The summed E-state index contributed by atoms with van der Waals surface area (Å²) in [6, 6.07) is 11.0. The number of hydrogen-bond acceptors (Lipinski definition) is 4. The van der Waals surface area contributed by atoms with E-state index in [4.69, 9.17) is 9.47 Å². The average molecular weight is 331 g/mol. The van der Waals surface area contributed by atoms with E-state index in [0.717, 1.165) is 5.56 Å². The van der Waals surface area contributed by atoms with Gasteiger partial charge in [-0.3, -0.25) is 4.79 Å². The van der Waals surface area contributed by atoms with Gasteiger partial charge < -0.3 is 14.8 Å². The van der Waals surface area contributed by atoms with Gasteiger partial charge in [-0.15, -0.1) is 0 Å². The molecule has 6 heteroatoms. The molecule has 0 spiro atoms. The van der Waals surface area contributed by atoms with Crippen molar-refractivity contribution in [2.75, 3.05) is 19.0 Å². The van der Waals surface area contributed by atoms with E-state index >= 15 is 0 Å². The normalized spacial score (nSPS) is 10.3. The molecule has 126 valence electrons. The third-order valence-corrected chi connectivity index (χ3v) is 3.29. The third-order valence-electron chi connectivity index (χ3n) is 3.29. The zero-order chi connectivity index (χ0) is 17.5. The van der Waals surface area contributed by atoms with E-state index in [1.165, 1.54) is 6.07 Å². The van der Waals surface area contributed by atoms with E-state index in [0.29, 0.717) is 23.4 Å². The second kappa shape index (κ2) is 8.21. The molecule has 2 aromatic rings. The van der Waals surface area contributed by atoms with Gasteiger partial charge in [-0.1, -0.05) is 18.2 Å². The molecule has 1 amide bonds. The van der Waals surface area contributed by atoms with Crippen LogP contribution in [0.4, 0.5) is 10.1 Å². The van der Waals surface area contributed by atoms with E-state index in [9.17, 15) is 14.0 Å². The molecule has 24 heavy (non-hydrogen) atoms. The third kappa shape index (κ3) is 4.89. The van der Waals surface area contributed by atoms with Gasteiger partial charge >= 0.3 is 5.97 Å². The van der Waals surface area contributed by atoms with E-state index in [-0.39, 0.29) is 0 Å². The molecule has 0 heterocycles. The summed E-state index contributed by atoms with van der Waals surface area (Å²) < 4.78 is 23.3. The number of rotatable bonds is 6. The highest BCUT2D eigenvalue weighted by molar-refractivity contribution is 5.95. The van der Waals surface area contributed by atoms with Crippen molar-refractivity contribution in [3.8, 4) is 0 Å². The number of carbonyl (C=O) groups is 2. The number of hydrogen-bond donors (Lipinski definition) is 1. The van der Waals surface area contributed by atoms with Gasteiger partial charge in [0.15, 0.2) is 6.61 Å². The molecule has 0 atom stereocenters. The van der Waals surface area contributed by atoms with E-state index in [1.54, 1.807) is 50.4 Å². The van der Waals surface area contributed by atoms with Crippen molar-refractivity contribution in [2.24, 2.45) is 0 Å². The van der Waals surface area contributed by atoms with Crippen molar-refractivity contribution >= 4 is 17.6 Å². The maximum atomic E-state index is 13.4. The summed E-state index contributed by atoms with van der Waals surface area (Å²) in [6.45, 7) is 1.62. The Hall–Kier alpha value is -2.73. The Balaban J connectivity index is 1.86. The van der Waals surface area contributed by atoms with Crippen LogP contribution in [0, 0.1) is 12.7 Å². The van der Waals surface area contributed by atoms with Crippen LogP contribution in [0.2, 0.25) is 0 Å². The van der Waals surface area contributed by atoms with Crippen LogP contribution >= 0.6 is 0 Å². The van der Waals surface area contributed by atoms with Crippen LogP contribution in [0.5, 0.6) is 0 Å². The Bertz CT molecular complexity index is 728. The largest absolute Gasteiger partial charge is 0.452 e. The van der Waals surface area contributed by atoms with Gasteiger partial charge in [0.1, 0.15) is 5.82 Å². The second-order valence-electron chi connectivity index (χ2n) is 5.22. The Morgan fingerprint density at radius 3 is 2.46 bits per heavy atom. The molecule has 0 saturated heterocycles. The van der Waals surface area contributed by atoms with Crippen molar-refractivity contribution in [3.05, 3.63) is 65.0 Å². The van der Waals surface area contributed by atoms with Crippen LogP contribution in [0.25, 0.3) is 0 Å². The lowest BCUT2D eigenvalue weighted by Crippen LogP contribution is -2.21. The Morgan fingerprint density at radius 1 is 1.12 bits per heavy atom. The summed E-state index contributed by atoms with van der Waals surface area (Å²) in [4.78, 5) is 23.6. The lowest BCUT2D eigenvalue weighted by atomic mass is 10.1. The van der Waals surface area contributed by atoms with Gasteiger partial charge in [-0.2, -0.15) is 0 Å². The average Bonchev–Trinajstić information content (AvgIpc) is 2.57. The molecule has 0 aliphatic carbocycles. The highest BCUT2D eigenvalue weighted by Crippen LogP contribution is 2.13. The molecule has 0 aliphatic rings. The Labute approximate surface area is 139 Å². The molecule has 5 nitrogen and oxygen atoms in total. The first kappa shape index (κ1) is 17.6. The lowest BCUT2D eigenvalue weighted by molar-refractivity contribution is -0.119. The van der Waals surface area contributed by atoms with Crippen LogP contribution in [0.3, 0.4) is 0 Å². The van der Waals surface area contributed by atoms with Gasteiger partial charge in [0.05, 0.1) is 12.2 Å². The molecular weight excluding hydrogens is 313 g/mol. The van der Waals surface area contributed by atoms with Crippen molar-refractivity contribution in [1.82, 2.24) is 0 Å². The first-order valence-electron chi connectivity index (χ1n) is 7.30. The van der Waals surface area contributed by atoms with Crippen molar-refractivity contribution in [1.29, 1.82) is 0 Å². The minimum Gasteiger partial charge on any atom is -0.452 e. The van der Waals surface area contributed by atoms with Crippen LogP contribution in [0.1, 0.15) is 21.5 Å². The summed E-state index contributed by atoms with van der Waals surface area (Å²) in [6.07, 6.45) is 0. The standard InChI is InChI=1S/C18H18FNO4/c1-12-3-8-15(9-16(12)19)20-17(21)11-24-18(22)14-6-4-13(5-7-14)10-23-2/h3-9H,10-11H2,1-2H3,(H,20,21). The smallest absolute Gasteiger partial charge is 0.338 e. The predicted molar refractivity (Wildman–Crippen MR) is 87.2 cm³/mol. The minimum absolute atomic E-state index is 0.308. The number of halogens is 1. The Kier molecular flexibility index (Phi) is 6.03. The first-order valence-corrected chi connectivity index (χ1v) is 7.30. The van der Waals surface area contributed by atoms with Gasteiger partial charge in [0.2, 0.25) is 0 Å². The van der Waals surface area contributed by atoms with Gasteiger partial charge in [0, 0.05) is 12.8 Å². The minimum atomic E-state index is -0.607. The molecule has 0 fully saturated rings. The lowest BCUT2D eigenvalue weighted by Gasteiger charge is -2.08. The fraction of sp³-hybridized carbons (Fsp3) is 0.222. The molecule has 2 aromatic carbocycles. The predicted octanol–water partition coefficient (Wildman–Crippen LogP) is 3.08. The van der Waals surface area contributed by atoms with Crippen molar-refractivity contribution in [3.63, 3.8) is 0 Å². The van der Waals surface area contributed by atoms with Crippen molar-refractivity contribution < 1.29 is 23.5 Å². The molecule has 1 N–H and O–H groups in total. The number of methoxy groups -OCH3 is 1. The first-order chi connectivity index (χ1) is 11.5. The van der Waals surface area contributed by atoms with Crippen LogP contribution in [-0.4, -0.2) is 25.6 Å². The molecule has 0 bridgehead atoms. The number of nitrogens with one attached hydrogen (secondary N) is 1. The second-order valence-corrected chi connectivity index (χ2v) is 5.22. The summed E-state index contributed by atoms with van der Waals surface area (Å²) in [5.41, 5.74) is 2.05. The van der Waals surface area contributed by atoms with Crippen LogP contribution < -0.4 is 5.32 Å². The summed E-state index contributed by atoms with van der Waals surface area (Å²) in [7, 11) is 1.58. The zero-order valence-corrected chi connectivity index (χ0v) is 13.5. The van der Waals surface area contributed by atoms with E-state index < -0.39 is 24.3 Å². The summed E-state index contributed by atoms with van der Waals surface area (Å²) in [5.74, 6) is -1.56. The highest BCUT2D eigenvalue weighted by atomic mass is 19.1. The fourth-order valence-electron chi connectivity index (χ4n) is 1.99. The molecular formula is C18H18FNO4. The van der Waals surface area contributed by atoms with Gasteiger partial charge in [0.25, 0.3) is 5.91 Å². The van der Waals surface area contributed by atoms with Crippen LogP contribution in [-0.2, 0) is 20.9 Å². The number of benzene rings is 2. The van der Waals surface area contributed by atoms with Crippen molar-refractivity contribution in [2.45, 2.75) is 13.5 Å². The number of anilines is 1. The quantitative estimate of drug-likeness (QED) is 0.826. The number of ether oxygens (including phenoxy) is 2. The molecule has 0 aliphatic heterocycles.